The number of rotatable bonds is 5. The molecular formula is C15H12ClFN4O3S2. The fourth-order valence-corrected chi connectivity index (χ4v) is 3.69. The van der Waals surface area contributed by atoms with Crippen molar-refractivity contribution in [3.63, 3.8) is 0 Å². The number of nitrogens with one attached hydrogen (secondary N) is 2. The second kappa shape index (κ2) is 7.06. The molecule has 0 saturated heterocycles. The van der Waals surface area contributed by atoms with Gasteiger partial charge in [-0.3, -0.25) is 9.52 Å². The fraction of sp³-hybridized carbons (Fsp3) is 0.0667. The van der Waals surface area contributed by atoms with E-state index in [0.717, 1.165) is 23.8 Å². The van der Waals surface area contributed by atoms with Crippen LogP contribution in [0.2, 0.25) is 5.02 Å². The predicted molar refractivity (Wildman–Crippen MR) is 99.3 cm³/mol. The Labute approximate surface area is 157 Å². The van der Waals surface area contributed by atoms with Crippen LogP contribution in [0, 0.1) is 5.82 Å². The quantitative estimate of drug-likeness (QED) is 0.669. The first-order chi connectivity index (χ1) is 12.2. The molecule has 3 rings (SSSR count). The lowest BCUT2D eigenvalue weighted by Gasteiger charge is -2.09. The van der Waals surface area contributed by atoms with Gasteiger partial charge < -0.3 is 5.32 Å². The minimum absolute atomic E-state index is 0.231. The van der Waals surface area contributed by atoms with Gasteiger partial charge in [0.25, 0.3) is 5.91 Å². The Balaban J connectivity index is 1.79. The Bertz CT molecular complexity index is 1080. The highest BCUT2D eigenvalue weighted by Crippen LogP contribution is 2.25. The number of thiophene rings is 1. The van der Waals surface area contributed by atoms with Gasteiger partial charge in [0, 0.05) is 16.1 Å². The first-order valence-corrected chi connectivity index (χ1v) is 10.2. The molecule has 0 radical (unpaired) electrons. The second-order valence-corrected chi connectivity index (χ2v) is 8.43. The monoisotopic (exact) mass is 414 g/mol. The number of halogens is 2. The Kier molecular flexibility index (Phi) is 4.99. The number of hydrogen-bond donors (Lipinski definition) is 2. The van der Waals surface area contributed by atoms with Crippen LogP contribution in [0.5, 0.6) is 0 Å². The number of nitrogens with zero attached hydrogens (tertiary/aromatic N) is 2. The number of benzene rings is 1. The molecule has 2 N–H and O–H groups in total. The maximum Gasteiger partial charge on any atom is 0.265 e. The lowest BCUT2D eigenvalue weighted by Crippen LogP contribution is -2.12. The zero-order valence-electron chi connectivity index (χ0n) is 13.2. The van der Waals surface area contributed by atoms with Crippen LogP contribution in [0.25, 0.3) is 5.69 Å². The third kappa shape index (κ3) is 4.59. The fourth-order valence-electron chi connectivity index (χ4n) is 2.13. The molecule has 0 aliphatic heterocycles. The molecular weight excluding hydrogens is 403 g/mol. The highest BCUT2D eigenvalue weighted by molar-refractivity contribution is 7.92. The molecule has 0 spiro atoms. The van der Waals surface area contributed by atoms with Gasteiger partial charge in [-0.25, -0.2) is 17.5 Å². The second-order valence-electron chi connectivity index (χ2n) is 5.33. The van der Waals surface area contributed by atoms with Crippen molar-refractivity contribution in [1.29, 1.82) is 0 Å². The minimum atomic E-state index is -3.48. The summed E-state index contributed by atoms with van der Waals surface area (Å²) in [6.07, 6.45) is 3.28. The third-order valence-electron chi connectivity index (χ3n) is 3.08. The van der Waals surface area contributed by atoms with Crippen molar-refractivity contribution in [2.45, 2.75) is 0 Å². The maximum atomic E-state index is 13.0. The van der Waals surface area contributed by atoms with Gasteiger partial charge in [-0.1, -0.05) is 11.6 Å². The van der Waals surface area contributed by atoms with Gasteiger partial charge in [0.05, 0.1) is 34.9 Å². The van der Waals surface area contributed by atoms with Crippen molar-refractivity contribution in [1.82, 2.24) is 9.78 Å². The normalized spacial score (nSPS) is 11.3. The van der Waals surface area contributed by atoms with Gasteiger partial charge in [-0.2, -0.15) is 5.10 Å². The van der Waals surface area contributed by atoms with E-state index in [1.54, 1.807) is 11.4 Å². The average Bonchev–Trinajstić information content (AvgIpc) is 3.13. The van der Waals surface area contributed by atoms with Gasteiger partial charge in [-0.15, -0.1) is 11.3 Å². The van der Waals surface area contributed by atoms with Crippen LogP contribution in [0.4, 0.5) is 15.8 Å². The van der Waals surface area contributed by atoms with Crippen molar-refractivity contribution >= 4 is 50.2 Å². The van der Waals surface area contributed by atoms with E-state index in [9.17, 15) is 17.6 Å². The molecule has 0 atom stereocenters. The van der Waals surface area contributed by atoms with E-state index in [1.807, 2.05) is 0 Å². The van der Waals surface area contributed by atoms with Crippen molar-refractivity contribution in [2.75, 3.05) is 16.3 Å². The van der Waals surface area contributed by atoms with Crippen molar-refractivity contribution in [3.8, 4) is 5.69 Å². The molecule has 1 amide bonds. The molecule has 0 bridgehead atoms. The van der Waals surface area contributed by atoms with Crippen LogP contribution in [-0.2, 0) is 10.0 Å². The van der Waals surface area contributed by atoms with E-state index in [4.69, 9.17) is 11.6 Å². The van der Waals surface area contributed by atoms with Gasteiger partial charge >= 0.3 is 0 Å². The summed E-state index contributed by atoms with van der Waals surface area (Å²) in [6.45, 7) is 0. The smallest absolute Gasteiger partial charge is 0.265 e. The summed E-state index contributed by atoms with van der Waals surface area (Å²) in [4.78, 5) is 12.8. The number of carbonyl (C=O) groups is 1. The summed E-state index contributed by atoms with van der Waals surface area (Å²) in [5.41, 5.74) is 1.11. The largest absolute Gasteiger partial charge is 0.321 e. The number of anilines is 2. The Morgan fingerprint density at radius 2 is 2.00 bits per heavy atom. The van der Waals surface area contributed by atoms with Crippen LogP contribution in [0.3, 0.4) is 0 Å². The standard InChI is InChI=1S/C15H12ClFN4O3S2/c1-26(23,24)20-12-3-9(16)2-11(4-12)19-15(22)14-5-13(8-25-14)21-7-10(17)6-18-21/h2-8,20H,1H3,(H,19,22). The summed E-state index contributed by atoms with van der Waals surface area (Å²) in [6, 6.07) is 5.92. The SMILES string of the molecule is CS(=O)(=O)Nc1cc(Cl)cc(NC(=O)c2cc(-n3cc(F)cn3)cs2)c1. The van der Waals surface area contributed by atoms with Crippen LogP contribution in [0.1, 0.15) is 9.67 Å². The van der Waals surface area contributed by atoms with Gasteiger partial charge in [0.2, 0.25) is 10.0 Å². The maximum absolute atomic E-state index is 13.0. The topological polar surface area (TPSA) is 93.1 Å². The van der Waals surface area contributed by atoms with Gasteiger partial charge in [0.15, 0.2) is 5.82 Å². The first kappa shape index (κ1) is 18.4. The van der Waals surface area contributed by atoms with E-state index in [2.05, 4.69) is 15.1 Å². The molecule has 26 heavy (non-hydrogen) atoms. The highest BCUT2D eigenvalue weighted by atomic mass is 35.5. The molecule has 0 fully saturated rings. The van der Waals surface area contributed by atoms with Crippen LogP contribution >= 0.6 is 22.9 Å². The summed E-state index contributed by atoms with van der Waals surface area (Å²) < 4.78 is 39.3. The van der Waals surface area contributed by atoms with E-state index < -0.39 is 21.7 Å². The molecule has 0 aliphatic carbocycles. The number of hydrogen-bond acceptors (Lipinski definition) is 5. The molecule has 136 valence electrons. The van der Waals surface area contributed by atoms with Crippen molar-refractivity contribution < 1.29 is 17.6 Å². The molecule has 7 nitrogen and oxygen atoms in total. The van der Waals surface area contributed by atoms with Crippen LogP contribution in [0.15, 0.2) is 42.0 Å². The molecule has 0 unspecified atom stereocenters. The molecule has 0 saturated carbocycles. The summed E-state index contributed by atoms with van der Waals surface area (Å²) in [7, 11) is -3.48. The van der Waals surface area contributed by atoms with Gasteiger partial charge in [-0.05, 0) is 24.3 Å². The average molecular weight is 415 g/mol. The van der Waals surface area contributed by atoms with Gasteiger partial charge in [0.1, 0.15) is 0 Å². The van der Waals surface area contributed by atoms with Crippen LogP contribution < -0.4 is 10.0 Å². The number of amides is 1. The summed E-state index contributed by atoms with van der Waals surface area (Å²) in [5, 5.41) is 8.40. The number of carbonyl (C=O) groups excluding carboxylic acids is 1. The van der Waals surface area contributed by atoms with E-state index >= 15 is 0 Å². The van der Waals surface area contributed by atoms with E-state index in [1.165, 1.54) is 29.1 Å². The summed E-state index contributed by atoms with van der Waals surface area (Å²) >= 11 is 7.12. The number of sulfonamides is 1. The molecule has 11 heteroatoms. The van der Waals surface area contributed by atoms with Crippen molar-refractivity contribution in [3.05, 3.63) is 57.8 Å². The Morgan fingerprint density at radius 3 is 2.65 bits per heavy atom. The lowest BCUT2D eigenvalue weighted by atomic mass is 10.2. The third-order valence-corrected chi connectivity index (χ3v) is 4.83. The minimum Gasteiger partial charge on any atom is -0.321 e. The predicted octanol–water partition coefficient (Wildman–Crippen LogP) is 3.35. The van der Waals surface area contributed by atoms with E-state index in [-0.39, 0.29) is 10.7 Å². The highest BCUT2D eigenvalue weighted by Gasteiger charge is 2.13. The number of aromatic nitrogens is 2. The molecule has 2 aromatic heterocycles. The zero-order valence-corrected chi connectivity index (χ0v) is 15.6. The van der Waals surface area contributed by atoms with Crippen molar-refractivity contribution in [2.24, 2.45) is 0 Å². The molecule has 0 aliphatic rings. The Hall–Kier alpha value is -2.43. The van der Waals surface area contributed by atoms with E-state index in [0.29, 0.717) is 16.3 Å². The Morgan fingerprint density at radius 1 is 1.27 bits per heavy atom. The summed E-state index contributed by atoms with van der Waals surface area (Å²) in [5.74, 6) is -0.895. The molecule has 3 aromatic rings. The molecule has 1 aromatic carbocycles. The first-order valence-electron chi connectivity index (χ1n) is 7.08. The zero-order chi connectivity index (χ0) is 18.9. The lowest BCUT2D eigenvalue weighted by molar-refractivity contribution is 0.103. The van der Waals surface area contributed by atoms with Crippen LogP contribution in [-0.4, -0.2) is 30.4 Å². The molecule has 2 heterocycles.